The highest BCUT2D eigenvalue weighted by atomic mass is 16.8. The molecule has 4 heterocycles. The number of aliphatic hydroxyl groups is 9. The minimum Gasteiger partial charge on any atom is -0.479 e. The fraction of sp³-hybridized carbons (Fsp3) is 0.920. The van der Waals surface area contributed by atoms with Crippen LogP contribution in [-0.4, -0.2) is 198 Å². The largest absolute Gasteiger partial charge is 0.479 e. The fourth-order valence-corrected chi connectivity index (χ4v) is 5.57. The Labute approximate surface area is 259 Å². The average Bonchev–Trinajstić information content (AvgIpc) is 3.00. The van der Waals surface area contributed by atoms with E-state index >= 15 is 0 Å². The zero-order chi connectivity index (χ0) is 34.4. The SMILES string of the molecule is CO[C@@H]1O[C@@H](C)[C@H](O[C@@H]2O[C@@H](C)[C@@H](O)[C@@H](O)[C@@H]2O)[C@@H](O[C@@H]2O[C@H](C(=O)O)[C@H](O)[C@H](O)[C@H]2O)[C@H]1O[C@H]1O[C@H](C(=O)O)[C@H](O)[C@H](O)[C@H]1O. The van der Waals surface area contributed by atoms with E-state index in [1.165, 1.54) is 13.8 Å². The Bertz CT molecular complexity index is 1050. The molecule has 4 aliphatic rings. The van der Waals surface area contributed by atoms with Gasteiger partial charge in [-0.25, -0.2) is 9.59 Å². The summed E-state index contributed by atoms with van der Waals surface area (Å²) in [5, 5.41) is 112. The molecule has 46 heavy (non-hydrogen) atoms. The third-order valence-corrected chi connectivity index (χ3v) is 8.27. The van der Waals surface area contributed by atoms with Crippen molar-refractivity contribution < 1.29 is 104 Å². The molecule has 0 saturated carbocycles. The molecular formula is C25H40O21. The molecule has 0 radical (unpaired) electrons. The van der Waals surface area contributed by atoms with Crippen LogP contribution in [0.25, 0.3) is 0 Å². The maximum atomic E-state index is 11.7. The fourth-order valence-electron chi connectivity index (χ4n) is 5.57. The molecule has 0 aromatic heterocycles. The second-order valence-corrected chi connectivity index (χ2v) is 11.4. The number of aliphatic hydroxyl groups excluding tert-OH is 9. The smallest absolute Gasteiger partial charge is 0.335 e. The van der Waals surface area contributed by atoms with Gasteiger partial charge in [0.25, 0.3) is 0 Å². The van der Waals surface area contributed by atoms with Crippen molar-refractivity contribution in [1.82, 2.24) is 0 Å². The quantitative estimate of drug-likeness (QED) is 0.108. The number of methoxy groups -OCH3 is 1. The highest BCUT2D eigenvalue weighted by molar-refractivity contribution is 5.73. The Morgan fingerprint density at radius 3 is 1.26 bits per heavy atom. The van der Waals surface area contributed by atoms with Crippen LogP contribution in [0.15, 0.2) is 0 Å². The summed E-state index contributed by atoms with van der Waals surface area (Å²) in [6.45, 7) is 2.76. The number of rotatable bonds is 9. The third-order valence-electron chi connectivity index (χ3n) is 8.27. The van der Waals surface area contributed by atoms with Crippen LogP contribution in [0.4, 0.5) is 0 Å². The van der Waals surface area contributed by atoms with Crippen LogP contribution in [0.5, 0.6) is 0 Å². The molecule has 0 unspecified atom stereocenters. The summed E-state index contributed by atoms with van der Waals surface area (Å²) in [5.41, 5.74) is 0. The van der Waals surface area contributed by atoms with E-state index in [0.29, 0.717) is 0 Å². The van der Waals surface area contributed by atoms with E-state index in [-0.39, 0.29) is 0 Å². The zero-order valence-electron chi connectivity index (χ0n) is 24.5. The second-order valence-electron chi connectivity index (χ2n) is 11.4. The molecule has 0 aromatic carbocycles. The summed E-state index contributed by atoms with van der Waals surface area (Å²) >= 11 is 0. The van der Waals surface area contributed by atoms with Crippen LogP contribution in [0.1, 0.15) is 13.8 Å². The molecular weight excluding hydrogens is 636 g/mol. The monoisotopic (exact) mass is 676 g/mol. The second kappa shape index (κ2) is 14.8. The number of ether oxygens (including phenoxy) is 8. The molecule has 0 bridgehead atoms. The third kappa shape index (κ3) is 7.16. The van der Waals surface area contributed by atoms with Crippen molar-refractivity contribution in [1.29, 1.82) is 0 Å². The van der Waals surface area contributed by atoms with Crippen LogP contribution in [0, 0.1) is 0 Å². The summed E-state index contributed by atoms with van der Waals surface area (Å²) in [6, 6.07) is 0. The van der Waals surface area contributed by atoms with Crippen molar-refractivity contribution in [2.75, 3.05) is 7.11 Å². The lowest BCUT2D eigenvalue weighted by atomic mass is 9.95. The summed E-state index contributed by atoms with van der Waals surface area (Å²) in [4.78, 5) is 23.4. The topological polar surface area (TPSA) is 331 Å². The van der Waals surface area contributed by atoms with E-state index in [4.69, 9.17) is 37.9 Å². The predicted molar refractivity (Wildman–Crippen MR) is 137 cm³/mol. The average molecular weight is 677 g/mol. The summed E-state index contributed by atoms with van der Waals surface area (Å²) in [6.07, 6.45) is -36.6. The van der Waals surface area contributed by atoms with Crippen molar-refractivity contribution in [2.45, 2.75) is 137 Å². The summed E-state index contributed by atoms with van der Waals surface area (Å²) in [5.74, 6) is -3.48. The lowest BCUT2D eigenvalue weighted by Crippen LogP contribution is -2.68. The molecule has 11 N–H and O–H groups in total. The first-order valence-electron chi connectivity index (χ1n) is 14.2. The zero-order valence-corrected chi connectivity index (χ0v) is 24.5. The van der Waals surface area contributed by atoms with Crippen LogP contribution in [0.3, 0.4) is 0 Å². The molecule has 4 fully saturated rings. The van der Waals surface area contributed by atoms with Gasteiger partial charge in [-0.1, -0.05) is 0 Å². The van der Waals surface area contributed by atoms with Crippen molar-refractivity contribution in [2.24, 2.45) is 0 Å². The first-order valence-corrected chi connectivity index (χ1v) is 14.2. The first-order chi connectivity index (χ1) is 21.5. The van der Waals surface area contributed by atoms with Crippen LogP contribution in [0.2, 0.25) is 0 Å². The van der Waals surface area contributed by atoms with Gasteiger partial charge in [0.2, 0.25) is 0 Å². The van der Waals surface area contributed by atoms with Gasteiger partial charge in [-0.15, -0.1) is 0 Å². The Kier molecular flexibility index (Phi) is 11.9. The van der Waals surface area contributed by atoms with E-state index in [0.717, 1.165) is 7.11 Å². The number of carboxylic acids is 2. The summed E-state index contributed by atoms with van der Waals surface area (Å²) < 4.78 is 44.7. The van der Waals surface area contributed by atoms with Crippen LogP contribution >= 0.6 is 0 Å². The van der Waals surface area contributed by atoms with Gasteiger partial charge in [-0.3, -0.25) is 0 Å². The Hall–Kier alpha value is -1.74. The van der Waals surface area contributed by atoms with Crippen molar-refractivity contribution >= 4 is 11.9 Å². The van der Waals surface area contributed by atoms with Crippen molar-refractivity contribution in [3.8, 4) is 0 Å². The van der Waals surface area contributed by atoms with Gasteiger partial charge in [0, 0.05) is 7.11 Å². The normalized spacial score (nSPS) is 51.8. The molecule has 4 rings (SSSR count). The van der Waals surface area contributed by atoms with Gasteiger partial charge in [0.1, 0.15) is 73.2 Å². The van der Waals surface area contributed by atoms with Gasteiger partial charge in [-0.05, 0) is 13.8 Å². The van der Waals surface area contributed by atoms with Gasteiger partial charge >= 0.3 is 11.9 Å². The molecule has 4 aliphatic heterocycles. The lowest BCUT2D eigenvalue weighted by Gasteiger charge is -2.50. The lowest BCUT2D eigenvalue weighted by molar-refractivity contribution is -0.401. The Morgan fingerprint density at radius 2 is 0.826 bits per heavy atom. The Balaban J connectivity index is 1.71. The minimum atomic E-state index is -2.12. The highest BCUT2D eigenvalue weighted by Crippen LogP contribution is 2.36. The number of carboxylic acid groups (broad SMARTS) is 2. The van der Waals surface area contributed by atoms with E-state index in [9.17, 15) is 65.8 Å². The van der Waals surface area contributed by atoms with Gasteiger partial charge in [0.05, 0.1) is 12.2 Å². The van der Waals surface area contributed by atoms with E-state index in [1.54, 1.807) is 0 Å². The molecule has 266 valence electrons. The van der Waals surface area contributed by atoms with Crippen LogP contribution < -0.4 is 0 Å². The molecule has 21 nitrogen and oxygen atoms in total. The minimum absolute atomic E-state index is 1.08. The van der Waals surface area contributed by atoms with Crippen LogP contribution in [-0.2, 0) is 47.5 Å². The Morgan fingerprint density at radius 1 is 0.457 bits per heavy atom. The van der Waals surface area contributed by atoms with Gasteiger partial charge in [0.15, 0.2) is 37.4 Å². The molecule has 0 aliphatic carbocycles. The number of hydrogen-bond acceptors (Lipinski definition) is 19. The molecule has 20 atom stereocenters. The van der Waals surface area contributed by atoms with E-state index in [2.05, 4.69) is 0 Å². The molecule has 0 amide bonds. The number of hydrogen-bond donors (Lipinski definition) is 11. The predicted octanol–water partition coefficient (Wildman–Crippen LogP) is -6.85. The molecule has 4 saturated heterocycles. The summed E-state index contributed by atoms with van der Waals surface area (Å²) in [7, 11) is 1.13. The van der Waals surface area contributed by atoms with Gasteiger partial charge in [-0.2, -0.15) is 0 Å². The van der Waals surface area contributed by atoms with E-state index in [1.807, 2.05) is 0 Å². The number of carbonyl (C=O) groups is 2. The number of aliphatic carboxylic acids is 2. The molecule has 0 aromatic rings. The maximum Gasteiger partial charge on any atom is 0.335 e. The van der Waals surface area contributed by atoms with Gasteiger partial charge < -0.3 is 94.1 Å². The molecule has 0 spiro atoms. The standard InChI is InChI=1S/C25H40O21/c1-4-6(26)7(27)12(32)22(40-4)42-15-5(2)41-25(39-3)19(46-24-14(34)9(29)11(31)17(44-24)21(37)38)18(15)45-23-13(33)8(28)10(30)16(43-23)20(35)36/h4-19,22-34H,1-3H3,(H,35,36)(H,37,38)/t4-,5-,6+,7+,8-,9-,10+,11+,12-,13+,14+,15-,16-,17-,18+,19+,22-,23-,24+,25+/m0/s1. The van der Waals surface area contributed by atoms with E-state index < -0.39 is 135 Å². The van der Waals surface area contributed by atoms with Crippen molar-refractivity contribution in [3.63, 3.8) is 0 Å². The highest BCUT2D eigenvalue weighted by Gasteiger charge is 2.57. The first kappa shape index (κ1) is 37.1. The maximum absolute atomic E-state index is 11.7. The van der Waals surface area contributed by atoms with Crippen molar-refractivity contribution in [3.05, 3.63) is 0 Å². The molecule has 21 heteroatoms.